The van der Waals surface area contributed by atoms with Gasteiger partial charge in [0.1, 0.15) is 0 Å². The number of halogens is 5. The van der Waals surface area contributed by atoms with Gasteiger partial charge < -0.3 is 0 Å². The molecule has 1 aliphatic carbocycles. The van der Waals surface area contributed by atoms with E-state index in [1.54, 1.807) is 6.07 Å². The van der Waals surface area contributed by atoms with E-state index in [0.717, 1.165) is 0 Å². The molecule has 1 atom stereocenters. The Morgan fingerprint density at radius 1 is 1.25 bits per heavy atom. The van der Waals surface area contributed by atoms with Crippen molar-refractivity contribution >= 4 is 11.6 Å². The van der Waals surface area contributed by atoms with Gasteiger partial charge in [-0.25, -0.2) is 4.39 Å². The van der Waals surface area contributed by atoms with Crippen molar-refractivity contribution in [2.45, 2.75) is 31.1 Å². The summed E-state index contributed by atoms with van der Waals surface area (Å²) in [6.45, 7) is 0. The van der Waals surface area contributed by atoms with Crippen LogP contribution >= 0.6 is 11.6 Å². The number of benzene rings is 1. The van der Waals surface area contributed by atoms with Crippen LogP contribution < -0.4 is 0 Å². The van der Waals surface area contributed by atoms with Gasteiger partial charge in [-0.2, -0.15) is 13.2 Å². The molecule has 0 aromatic heterocycles. The SMILES string of the molecule is FC(F)(F)C1(F)CCCc2cccc(Cl)c21. The average Bonchev–Trinajstić information content (AvgIpc) is 2.16. The lowest BCUT2D eigenvalue weighted by molar-refractivity contribution is -0.240. The molecule has 1 aliphatic rings. The van der Waals surface area contributed by atoms with Gasteiger partial charge in [0.2, 0.25) is 5.67 Å². The van der Waals surface area contributed by atoms with Gasteiger partial charge in [-0.1, -0.05) is 23.7 Å². The van der Waals surface area contributed by atoms with Gasteiger partial charge in [0.25, 0.3) is 0 Å². The first-order valence-corrected chi connectivity index (χ1v) is 5.27. The van der Waals surface area contributed by atoms with Gasteiger partial charge in [0.15, 0.2) is 0 Å². The lowest BCUT2D eigenvalue weighted by Crippen LogP contribution is -2.41. The van der Waals surface area contributed by atoms with Crippen molar-refractivity contribution in [3.8, 4) is 0 Å². The molecule has 0 heterocycles. The lowest BCUT2D eigenvalue weighted by Gasteiger charge is -2.34. The summed E-state index contributed by atoms with van der Waals surface area (Å²) in [5.74, 6) is 0. The summed E-state index contributed by atoms with van der Waals surface area (Å²) in [7, 11) is 0. The monoisotopic (exact) mass is 252 g/mol. The van der Waals surface area contributed by atoms with Crippen LogP contribution in [0.3, 0.4) is 0 Å². The van der Waals surface area contributed by atoms with Crippen LogP contribution in [-0.4, -0.2) is 6.18 Å². The highest BCUT2D eigenvalue weighted by atomic mass is 35.5. The number of hydrogen-bond donors (Lipinski definition) is 0. The van der Waals surface area contributed by atoms with E-state index in [-0.39, 0.29) is 11.4 Å². The summed E-state index contributed by atoms with van der Waals surface area (Å²) < 4.78 is 52.4. The van der Waals surface area contributed by atoms with Crippen LogP contribution in [0.5, 0.6) is 0 Å². The fourth-order valence-corrected chi connectivity index (χ4v) is 2.50. The molecular weight excluding hydrogens is 244 g/mol. The number of aryl methyl sites for hydroxylation is 1. The summed E-state index contributed by atoms with van der Waals surface area (Å²) in [5.41, 5.74) is -3.33. The van der Waals surface area contributed by atoms with Crippen LogP contribution in [0.1, 0.15) is 24.0 Å². The van der Waals surface area contributed by atoms with E-state index in [0.29, 0.717) is 12.0 Å². The van der Waals surface area contributed by atoms with Crippen LogP contribution in [-0.2, 0) is 12.1 Å². The summed E-state index contributed by atoms with van der Waals surface area (Å²) >= 11 is 5.69. The summed E-state index contributed by atoms with van der Waals surface area (Å²) in [5, 5.41) is -0.142. The van der Waals surface area contributed by atoms with Crippen LogP contribution in [0.2, 0.25) is 5.02 Å². The average molecular weight is 253 g/mol. The normalized spacial score (nSPS) is 25.3. The zero-order valence-electron chi connectivity index (χ0n) is 8.24. The summed E-state index contributed by atoms with van der Waals surface area (Å²) in [6, 6.07) is 4.34. The number of rotatable bonds is 0. The smallest absolute Gasteiger partial charge is 0.228 e. The molecule has 0 saturated carbocycles. The van der Waals surface area contributed by atoms with Crippen molar-refractivity contribution < 1.29 is 17.6 Å². The quantitative estimate of drug-likeness (QED) is 0.600. The molecule has 0 aliphatic heterocycles. The molecule has 0 fully saturated rings. The predicted octanol–water partition coefficient (Wildman–Crippen LogP) is 4.40. The third kappa shape index (κ3) is 1.59. The molecule has 88 valence electrons. The van der Waals surface area contributed by atoms with Gasteiger partial charge >= 0.3 is 6.18 Å². The minimum Gasteiger partial charge on any atom is -0.228 e. The van der Waals surface area contributed by atoms with Gasteiger partial charge in [-0.05, 0) is 30.9 Å². The molecule has 0 bridgehead atoms. The van der Waals surface area contributed by atoms with E-state index in [4.69, 9.17) is 11.6 Å². The van der Waals surface area contributed by atoms with Crippen molar-refractivity contribution in [1.29, 1.82) is 0 Å². The van der Waals surface area contributed by atoms with Crippen molar-refractivity contribution in [1.82, 2.24) is 0 Å². The second-order valence-corrected chi connectivity index (χ2v) is 4.33. The Balaban J connectivity index is 2.64. The number of hydrogen-bond acceptors (Lipinski definition) is 0. The molecule has 0 saturated heterocycles. The van der Waals surface area contributed by atoms with E-state index in [1.165, 1.54) is 12.1 Å². The molecule has 0 nitrogen and oxygen atoms in total. The maximum absolute atomic E-state index is 14.1. The maximum atomic E-state index is 14.1. The van der Waals surface area contributed by atoms with Crippen molar-refractivity contribution in [3.05, 3.63) is 34.3 Å². The number of alkyl halides is 4. The van der Waals surface area contributed by atoms with Gasteiger partial charge in [0.05, 0.1) is 0 Å². The summed E-state index contributed by atoms with van der Waals surface area (Å²) in [4.78, 5) is 0. The molecule has 0 N–H and O–H groups in total. The van der Waals surface area contributed by atoms with E-state index in [9.17, 15) is 17.6 Å². The predicted molar refractivity (Wildman–Crippen MR) is 53.2 cm³/mol. The number of fused-ring (bicyclic) bond motifs is 1. The Morgan fingerprint density at radius 2 is 1.94 bits per heavy atom. The highest BCUT2D eigenvalue weighted by Gasteiger charge is 2.59. The van der Waals surface area contributed by atoms with Crippen molar-refractivity contribution in [2.75, 3.05) is 0 Å². The standard InChI is InChI=1S/C11H9ClF4/c12-8-5-1-3-7-4-2-6-10(13,9(7)8)11(14,15)16/h1,3,5H,2,4,6H2. The molecule has 1 unspecified atom stereocenters. The fourth-order valence-electron chi connectivity index (χ4n) is 2.15. The first kappa shape index (κ1) is 11.7. The Morgan fingerprint density at radius 3 is 2.56 bits per heavy atom. The third-order valence-corrected chi connectivity index (χ3v) is 3.23. The van der Waals surface area contributed by atoms with Gasteiger partial charge in [-0.15, -0.1) is 0 Å². The lowest BCUT2D eigenvalue weighted by atomic mass is 9.80. The minimum absolute atomic E-state index is 0.142. The Hall–Kier alpha value is -0.770. The summed E-state index contributed by atoms with van der Waals surface area (Å²) in [6.07, 6.45) is -4.83. The molecule has 0 radical (unpaired) electrons. The van der Waals surface area contributed by atoms with Crippen LogP contribution in [0, 0.1) is 0 Å². The van der Waals surface area contributed by atoms with E-state index < -0.39 is 23.8 Å². The highest BCUT2D eigenvalue weighted by Crippen LogP contribution is 2.51. The molecule has 2 rings (SSSR count). The molecule has 1 aromatic carbocycles. The van der Waals surface area contributed by atoms with E-state index in [1.807, 2.05) is 0 Å². The van der Waals surface area contributed by atoms with Crippen molar-refractivity contribution in [3.63, 3.8) is 0 Å². The second-order valence-electron chi connectivity index (χ2n) is 3.93. The molecule has 5 heteroatoms. The van der Waals surface area contributed by atoms with Gasteiger partial charge in [-0.3, -0.25) is 0 Å². The maximum Gasteiger partial charge on any atom is 0.426 e. The molecule has 16 heavy (non-hydrogen) atoms. The molecular formula is C11H9ClF4. The topological polar surface area (TPSA) is 0 Å². The minimum atomic E-state index is -4.91. The first-order chi connectivity index (χ1) is 7.36. The third-order valence-electron chi connectivity index (χ3n) is 2.91. The molecule has 0 spiro atoms. The van der Waals surface area contributed by atoms with E-state index in [2.05, 4.69) is 0 Å². The first-order valence-electron chi connectivity index (χ1n) is 4.90. The van der Waals surface area contributed by atoms with Crippen molar-refractivity contribution in [2.24, 2.45) is 0 Å². The Labute approximate surface area is 95.2 Å². The molecule has 1 aromatic rings. The van der Waals surface area contributed by atoms with E-state index >= 15 is 0 Å². The highest BCUT2D eigenvalue weighted by molar-refractivity contribution is 6.31. The molecule has 0 amide bonds. The largest absolute Gasteiger partial charge is 0.426 e. The Kier molecular flexibility index (Phi) is 2.65. The zero-order valence-corrected chi connectivity index (χ0v) is 9.00. The zero-order chi connectivity index (χ0) is 12.0. The second kappa shape index (κ2) is 3.62. The fraction of sp³-hybridized carbons (Fsp3) is 0.455. The Bertz CT molecular complexity index is 413. The van der Waals surface area contributed by atoms with Gasteiger partial charge in [0, 0.05) is 10.6 Å². The van der Waals surface area contributed by atoms with Crippen LogP contribution in [0.25, 0.3) is 0 Å². The van der Waals surface area contributed by atoms with Crippen LogP contribution in [0.15, 0.2) is 18.2 Å². The van der Waals surface area contributed by atoms with Crippen LogP contribution in [0.4, 0.5) is 17.6 Å².